The van der Waals surface area contributed by atoms with Gasteiger partial charge in [0.05, 0.1) is 12.7 Å². The van der Waals surface area contributed by atoms with Crippen LogP contribution in [0.2, 0.25) is 0 Å². The molecule has 0 aliphatic rings. The van der Waals surface area contributed by atoms with Crippen LogP contribution in [-0.2, 0) is 7.05 Å². The summed E-state index contributed by atoms with van der Waals surface area (Å²) in [5.74, 6) is 0.753. The molecule has 5 heteroatoms. The zero-order valence-corrected chi connectivity index (χ0v) is 10.5. The van der Waals surface area contributed by atoms with Gasteiger partial charge in [-0.15, -0.1) is 0 Å². The SMILES string of the molecule is COc1ccccc1-c1nn(C)cc1C(N)=S. The number of hydrogen-bond donors (Lipinski definition) is 1. The van der Waals surface area contributed by atoms with E-state index in [1.165, 1.54) is 0 Å². The van der Waals surface area contributed by atoms with Crippen molar-refractivity contribution in [2.24, 2.45) is 12.8 Å². The molecular formula is C12H13N3OS. The van der Waals surface area contributed by atoms with Gasteiger partial charge in [0.1, 0.15) is 16.4 Å². The first kappa shape index (κ1) is 11.6. The third kappa shape index (κ3) is 2.14. The molecule has 17 heavy (non-hydrogen) atoms. The molecule has 0 aliphatic heterocycles. The second-order valence-electron chi connectivity index (χ2n) is 3.63. The van der Waals surface area contributed by atoms with Crippen LogP contribution in [0.15, 0.2) is 30.5 Å². The van der Waals surface area contributed by atoms with Crippen molar-refractivity contribution in [2.45, 2.75) is 0 Å². The largest absolute Gasteiger partial charge is 0.496 e. The molecular weight excluding hydrogens is 234 g/mol. The number of aryl methyl sites for hydroxylation is 1. The molecule has 2 N–H and O–H groups in total. The Morgan fingerprint density at radius 1 is 1.41 bits per heavy atom. The summed E-state index contributed by atoms with van der Waals surface area (Å²) in [4.78, 5) is 0.332. The van der Waals surface area contributed by atoms with E-state index in [4.69, 9.17) is 22.7 Å². The van der Waals surface area contributed by atoms with Crippen molar-refractivity contribution in [3.63, 3.8) is 0 Å². The molecule has 1 aromatic heterocycles. The maximum absolute atomic E-state index is 5.69. The average Bonchev–Trinajstić information content (AvgIpc) is 2.71. The third-order valence-electron chi connectivity index (χ3n) is 2.46. The van der Waals surface area contributed by atoms with Crippen molar-refractivity contribution < 1.29 is 4.74 Å². The fraction of sp³-hybridized carbons (Fsp3) is 0.167. The van der Waals surface area contributed by atoms with Gasteiger partial charge in [0.25, 0.3) is 0 Å². The van der Waals surface area contributed by atoms with Crippen molar-refractivity contribution in [1.29, 1.82) is 0 Å². The summed E-state index contributed by atoms with van der Waals surface area (Å²) >= 11 is 5.03. The van der Waals surface area contributed by atoms with E-state index in [9.17, 15) is 0 Å². The first-order valence-electron chi connectivity index (χ1n) is 5.10. The lowest BCUT2D eigenvalue weighted by molar-refractivity contribution is 0.416. The number of methoxy groups -OCH3 is 1. The second-order valence-corrected chi connectivity index (χ2v) is 4.07. The monoisotopic (exact) mass is 247 g/mol. The molecule has 0 radical (unpaired) electrons. The quantitative estimate of drug-likeness (QED) is 0.839. The summed E-state index contributed by atoms with van der Waals surface area (Å²) in [5.41, 5.74) is 8.09. The second kappa shape index (κ2) is 4.55. The molecule has 1 heterocycles. The fourth-order valence-corrected chi connectivity index (χ4v) is 1.86. The molecule has 0 fully saturated rings. The van der Waals surface area contributed by atoms with Crippen molar-refractivity contribution >= 4 is 17.2 Å². The van der Waals surface area contributed by atoms with Gasteiger partial charge in [-0.3, -0.25) is 4.68 Å². The Bertz CT molecular complexity index is 563. The van der Waals surface area contributed by atoms with Crippen LogP contribution < -0.4 is 10.5 Å². The van der Waals surface area contributed by atoms with Crippen molar-refractivity contribution in [1.82, 2.24) is 9.78 Å². The van der Waals surface area contributed by atoms with E-state index < -0.39 is 0 Å². The maximum Gasteiger partial charge on any atom is 0.128 e. The molecule has 0 bridgehead atoms. The van der Waals surface area contributed by atoms with E-state index in [0.717, 1.165) is 22.6 Å². The maximum atomic E-state index is 5.69. The number of nitrogens with zero attached hydrogens (tertiary/aromatic N) is 2. The molecule has 1 aromatic carbocycles. The molecule has 0 amide bonds. The van der Waals surface area contributed by atoms with Crippen LogP contribution in [0.25, 0.3) is 11.3 Å². The Labute approximate surface area is 105 Å². The predicted octanol–water partition coefficient (Wildman–Crippen LogP) is 1.73. The van der Waals surface area contributed by atoms with Gasteiger partial charge >= 0.3 is 0 Å². The highest BCUT2D eigenvalue weighted by molar-refractivity contribution is 7.80. The molecule has 0 aliphatic carbocycles. The number of nitrogens with two attached hydrogens (primary N) is 1. The highest BCUT2D eigenvalue weighted by atomic mass is 32.1. The zero-order chi connectivity index (χ0) is 12.4. The Balaban J connectivity index is 2.63. The smallest absolute Gasteiger partial charge is 0.128 e. The highest BCUT2D eigenvalue weighted by Crippen LogP contribution is 2.30. The van der Waals surface area contributed by atoms with E-state index in [1.807, 2.05) is 37.5 Å². The van der Waals surface area contributed by atoms with E-state index in [2.05, 4.69) is 5.10 Å². The Morgan fingerprint density at radius 2 is 2.12 bits per heavy atom. The van der Waals surface area contributed by atoms with Crippen LogP contribution >= 0.6 is 12.2 Å². The van der Waals surface area contributed by atoms with Gasteiger partial charge in [-0.2, -0.15) is 5.10 Å². The minimum atomic E-state index is 0.332. The fourth-order valence-electron chi connectivity index (χ4n) is 1.71. The van der Waals surface area contributed by atoms with Gasteiger partial charge in [-0.05, 0) is 12.1 Å². The summed E-state index contributed by atoms with van der Waals surface area (Å²) in [6, 6.07) is 7.65. The molecule has 2 aromatic rings. The lowest BCUT2D eigenvalue weighted by Crippen LogP contribution is -2.09. The predicted molar refractivity (Wildman–Crippen MR) is 71.1 cm³/mol. The number of thiocarbonyl (C=S) groups is 1. The normalized spacial score (nSPS) is 10.2. The minimum absolute atomic E-state index is 0.332. The Hall–Kier alpha value is -1.88. The van der Waals surface area contributed by atoms with Crippen molar-refractivity contribution in [2.75, 3.05) is 7.11 Å². The van der Waals surface area contributed by atoms with Crippen molar-refractivity contribution in [3.8, 4) is 17.0 Å². The van der Waals surface area contributed by atoms with Crippen molar-refractivity contribution in [3.05, 3.63) is 36.0 Å². The van der Waals surface area contributed by atoms with E-state index >= 15 is 0 Å². The zero-order valence-electron chi connectivity index (χ0n) is 9.68. The molecule has 2 rings (SSSR count). The number of hydrogen-bond acceptors (Lipinski definition) is 3. The number of benzene rings is 1. The van der Waals surface area contributed by atoms with Gasteiger partial charge in [0.15, 0.2) is 0 Å². The molecule has 88 valence electrons. The number of ether oxygens (including phenoxy) is 1. The molecule has 0 spiro atoms. The highest BCUT2D eigenvalue weighted by Gasteiger charge is 2.15. The summed E-state index contributed by atoms with van der Waals surface area (Å²) in [7, 11) is 3.46. The average molecular weight is 247 g/mol. The molecule has 0 atom stereocenters. The standard InChI is InChI=1S/C12H13N3OS/c1-15-7-9(12(13)17)11(14-15)8-5-3-4-6-10(8)16-2/h3-7H,1-2H3,(H2,13,17). The van der Waals surface area contributed by atoms with E-state index in [0.29, 0.717) is 4.99 Å². The third-order valence-corrected chi connectivity index (χ3v) is 2.68. The van der Waals surface area contributed by atoms with Gasteiger partial charge in [0.2, 0.25) is 0 Å². The Kier molecular flexibility index (Phi) is 3.10. The number of para-hydroxylation sites is 1. The van der Waals surface area contributed by atoms with Gasteiger partial charge in [-0.25, -0.2) is 0 Å². The van der Waals surface area contributed by atoms with Crippen LogP contribution in [0.5, 0.6) is 5.75 Å². The van der Waals surface area contributed by atoms with Crippen LogP contribution in [0.1, 0.15) is 5.56 Å². The molecule has 4 nitrogen and oxygen atoms in total. The summed E-state index contributed by atoms with van der Waals surface area (Å²) in [5, 5.41) is 4.38. The Morgan fingerprint density at radius 3 is 2.76 bits per heavy atom. The van der Waals surface area contributed by atoms with Crippen LogP contribution in [-0.4, -0.2) is 21.9 Å². The first-order valence-corrected chi connectivity index (χ1v) is 5.51. The summed E-state index contributed by atoms with van der Waals surface area (Å²) in [6.45, 7) is 0. The van der Waals surface area contributed by atoms with Gasteiger partial charge < -0.3 is 10.5 Å². The number of rotatable bonds is 3. The molecule has 0 saturated carbocycles. The minimum Gasteiger partial charge on any atom is -0.496 e. The summed E-state index contributed by atoms with van der Waals surface area (Å²) in [6.07, 6.45) is 1.81. The lowest BCUT2D eigenvalue weighted by atomic mass is 10.1. The lowest BCUT2D eigenvalue weighted by Gasteiger charge is -2.06. The van der Waals surface area contributed by atoms with Gasteiger partial charge in [0, 0.05) is 18.8 Å². The van der Waals surface area contributed by atoms with Crippen LogP contribution in [0.3, 0.4) is 0 Å². The van der Waals surface area contributed by atoms with Crippen LogP contribution in [0, 0.1) is 0 Å². The molecule has 0 saturated heterocycles. The topological polar surface area (TPSA) is 53.1 Å². The molecule has 0 unspecified atom stereocenters. The van der Waals surface area contributed by atoms with E-state index in [1.54, 1.807) is 11.8 Å². The van der Waals surface area contributed by atoms with Gasteiger partial charge in [-0.1, -0.05) is 24.4 Å². The van der Waals surface area contributed by atoms with Crippen LogP contribution in [0.4, 0.5) is 0 Å². The summed E-state index contributed by atoms with van der Waals surface area (Å²) < 4.78 is 7.00. The first-order chi connectivity index (χ1) is 8.13. The van der Waals surface area contributed by atoms with E-state index in [-0.39, 0.29) is 0 Å². The number of aromatic nitrogens is 2.